The summed E-state index contributed by atoms with van der Waals surface area (Å²) in [6.07, 6.45) is 4.28. The van der Waals surface area contributed by atoms with Crippen LogP contribution < -0.4 is 5.32 Å². The molecule has 5 heteroatoms. The maximum atomic E-state index is 12.3. The maximum absolute atomic E-state index is 12.3. The summed E-state index contributed by atoms with van der Waals surface area (Å²) in [5.74, 6) is 0.506. The second-order valence-electron chi connectivity index (χ2n) is 5.50. The topological polar surface area (TPSA) is 69.6 Å². The highest BCUT2D eigenvalue weighted by Gasteiger charge is 2.43. The van der Waals surface area contributed by atoms with Crippen molar-refractivity contribution in [2.45, 2.75) is 38.1 Å². The number of nitrogens with zero attached hydrogens (tertiary/aromatic N) is 1. The quantitative estimate of drug-likeness (QED) is 0.757. The number of likely N-dealkylation sites (N-methyl/N-ethyl adjacent to an activating group) is 1. The average molecular weight is 254 g/mol. The van der Waals surface area contributed by atoms with E-state index in [-0.39, 0.29) is 18.4 Å². The largest absolute Gasteiger partial charge is 0.481 e. The van der Waals surface area contributed by atoms with Crippen LogP contribution >= 0.6 is 0 Å². The number of carboxylic acid groups (broad SMARTS) is 1. The van der Waals surface area contributed by atoms with E-state index < -0.39 is 5.97 Å². The second-order valence-corrected chi connectivity index (χ2v) is 5.50. The lowest BCUT2D eigenvalue weighted by atomic mass is 9.93. The molecule has 3 atom stereocenters. The third-order valence-corrected chi connectivity index (χ3v) is 4.27. The molecule has 102 valence electrons. The molecule has 1 saturated heterocycles. The molecule has 0 aromatic rings. The molecule has 0 radical (unpaired) electrons. The number of fused-ring (bicyclic) bond motifs is 1. The third kappa shape index (κ3) is 2.83. The molecule has 2 fully saturated rings. The Bertz CT molecular complexity index is 332. The highest BCUT2D eigenvalue weighted by Crippen LogP contribution is 2.38. The van der Waals surface area contributed by atoms with E-state index in [0.29, 0.717) is 24.8 Å². The predicted octanol–water partition coefficient (Wildman–Crippen LogP) is 0.698. The normalized spacial score (nSPS) is 30.2. The van der Waals surface area contributed by atoms with Crippen molar-refractivity contribution in [1.29, 1.82) is 0 Å². The Hall–Kier alpha value is -1.10. The van der Waals surface area contributed by atoms with E-state index in [2.05, 4.69) is 5.32 Å². The van der Waals surface area contributed by atoms with Crippen molar-refractivity contribution in [3.8, 4) is 0 Å². The summed E-state index contributed by atoms with van der Waals surface area (Å²) in [4.78, 5) is 24.4. The van der Waals surface area contributed by atoms with Gasteiger partial charge in [0.1, 0.15) is 0 Å². The lowest BCUT2D eigenvalue weighted by molar-refractivity contribution is -0.138. The van der Waals surface area contributed by atoms with Crippen molar-refractivity contribution in [2.75, 3.05) is 20.1 Å². The van der Waals surface area contributed by atoms with Gasteiger partial charge in [-0.25, -0.2) is 0 Å². The van der Waals surface area contributed by atoms with Gasteiger partial charge in [-0.15, -0.1) is 0 Å². The lowest BCUT2D eigenvalue weighted by Gasteiger charge is -2.24. The van der Waals surface area contributed by atoms with Gasteiger partial charge in [0.05, 0.1) is 6.04 Å². The van der Waals surface area contributed by atoms with Gasteiger partial charge in [-0.2, -0.15) is 0 Å². The van der Waals surface area contributed by atoms with Gasteiger partial charge >= 0.3 is 5.97 Å². The van der Waals surface area contributed by atoms with Crippen molar-refractivity contribution in [1.82, 2.24) is 10.2 Å². The molecule has 1 aliphatic heterocycles. The first kappa shape index (κ1) is 13.3. The zero-order valence-corrected chi connectivity index (χ0v) is 10.9. The summed E-state index contributed by atoms with van der Waals surface area (Å²) < 4.78 is 0. The second kappa shape index (κ2) is 5.69. The first-order valence-electron chi connectivity index (χ1n) is 6.79. The number of carbonyl (C=O) groups excluding carboxylic acids is 1. The monoisotopic (exact) mass is 254 g/mol. The van der Waals surface area contributed by atoms with Crippen molar-refractivity contribution < 1.29 is 14.7 Å². The van der Waals surface area contributed by atoms with Gasteiger partial charge in [-0.1, -0.05) is 6.42 Å². The summed E-state index contributed by atoms with van der Waals surface area (Å²) in [5, 5.41) is 11.9. The van der Waals surface area contributed by atoms with Crippen molar-refractivity contribution in [3.05, 3.63) is 0 Å². The molecule has 18 heavy (non-hydrogen) atoms. The summed E-state index contributed by atoms with van der Waals surface area (Å²) in [7, 11) is 1.77. The number of nitrogens with one attached hydrogen (secondary N) is 1. The Morgan fingerprint density at radius 2 is 2.17 bits per heavy atom. The van der Waals surface area contributed by atoms with Gasteiger partial charge in [-0.05, 0) is 37.6 Å². The van der Waals surface area contributed by atoms with Crippen LogP contribution in [0.3, 0.4) is 0 Å². The smallest absolute Gasteiger partial charge is 0.303 e. The number of aliphatic carboxylic acids is 1. The molecule has 2 aliphatic rings. The Morgan fingerprint density at radius 1 is 1.39 bits per heavy atom. The number of amides is 1. The molecule has 0 aromatic heterocycles. The van der Waals surface area contributed by atoms with E-state index in [0.717, 1.165) is 13.0 Å². The minimum absolute atomic E-state index is 0.0349. The molecule has 3 unspecified atom stereocenters. The zero-order chi connectivity index (χ0) is 13.1. The minimum Gasteiger partial charge on any atom is -0.481 e. The number of hydrogen-bond acceptors (Lipinski definition) is 3. The van der Waals surface area contributed by atoms with Crippen LogP contribution in [0.25, 0.3) is 0 Å². The van der Waals surface area contributed by atoms with Crippen LogP contribution in [0.15, 0.2) is 0 Å². The SMILES string of the molecule is CN(CCCC(=O)O)C(=O)C1NCC2CCCC21. The molecular weight excluding hydrogens is 232 g/mol. The highest BCUT2D eigenvalue weighted by molar-refractivity contribution is 5.82. The Kier molecular flexibility index (Phi) is 4.22. The van der Waals surface area contributed by atoms with Gasteiger partial charge < -0.3 is 15.3 Å². The van der Waals surface area contributed by atoms with Crippen LogP contribution in [0, 0.1) is 11.8 Å². The first-order valence-corrected chi connectivity index (χ1v) is 6.79. The molecular formula is C13H22N2O3. The van der Waals surface area contributed by atoms with Gasteiger partial charge in [0.25, 0.3) is 0 Å². The fourth-order valence-electron chi connectivity index (χ4n) is 3.27. The number of rotatable bonds is 5. The van der Waals surface area contributed by atoms with E-state index in [9.17, 15) is 9.59 Å². The fraction of sp³-hybridized carbons (Fsp3) is 0.846. The molecule has 5 nitrogen and oxygen atoms in total. The van der Waals surface area contributed by atoms with Crippen molar-refractivity contribution in [2.24, 2.45) is 11.8 Å². The summed E-state index contributed by atoms with van der Waals surface area (Å²) >= 11 is 0. The maximum Gasteiger partial charge on any atom is 0.303 e. The first-order chi connectivity index (χ1) is 8.59. The molecule has 0 bridgehead atoms. The van der Waals surface area contributed by atoms with Crippen molar-refractivity contribution in [3.63, 3.8) is 0 Å². The highest BCUT2D eigenvalue weighted by atomic mass is 16.4. The Labute approximate surface area is 108 Å². The number of hydrogen-bond donors (Lipinski definition) is 2. The van der Waals surface area contributed by atoms with Gasteiger partial charge in [-0.3, -0.25) is 9.59 Å². The molecule has 1 heterocycles. The fourth-order valence-corrected chi connectivity index (χ4v) is 3.27. The Morgan fingerprint density at radius 3 is 2.89 bits per heavy atom. The van der Waals surface area contributed by atoms with Crippen LogP contribution in [0.2, 0.25) is 0 Å². The van der Waals surface area contributed by atoms with Gasteiger partial charge in [0.15, 0.2) is 0 Å². The van der Waals surface area contributed by atoms with Crippen molar-refractivity contribution >= 4 is 11.9 Å². The molecule has 1 saturated carbocycles. The third-order valence-electron chi connectivity index (χ3n) is 4.27. The van der Waals surface area contributed by atoms with E-state index in [1.54, 1.807) is 11.9 Å². The summed E-state index contributed by atoms with van der Waals surface area (Å²) in [6.45, 7) is 1.49. The Balaban J connectivity index is 1.81. The van der Waals surface area contributed by atoms with Gasteiger partial charge in [0, 0.05) is 20.0 Å². The van der Waals surface area contributed by atoms with Crippen LogP contribution in [0.4, 0.5) is 0 Å². The van der Waals surface area contributed by atoms with E-state index >= 15 is 0 Å². The molecule has 2 N–H and O–H groups in total. The van der Waals surface area contributed by atoms with Crippen LogP contribution in [-0.2, 0) is 9.59 Å². The van der Waals surface area contributed by atoms with E-state index in [1.165, 1.54) is 12.8 Å². The molecule has 0 spiro atoms. The van der Waals surface area contributed by atoms with E-state index in [1.807, 2.05) is 0 Å². The predicted molar refractivity (Wildman–Crippen MR) is 67.1 cm³/mol. The molecule has 1 aliphatic carbocycles. The van der Waals surface area contributed by atoms with E-state index in [4.69, 9.17) is 5.11 Å². The standard InChI is InChI=1S/C13H22N2O3/c1-15(7-3-6-11(16)17)13(18)12-10-5-2-4-9(10)8-14-12/h9-10,12,14H,2-8H2,1H3,(H,16,17). The molecule has 2 rings (SSSR count). The molecule has 1 amide bonds. The number of carbonyl (C=O) groups is 2. The van der Waals surface area contributed by atoms with Gasteiger partial charge in [0.2, 0.25) is 5.91 Å². The van der Waals surface area contributed by atoms with Crippen LogP contribution in [0.5, 0.6) is 0 Å². The summed E-state index contributed by atoms with van der Waals surface area (Å²) in [5.41, 5.74) is 0. The summed E-state index contributed by atoms with van der Waals surface area (Å²) in [6, 6.07) is -0.0349. The number of carboxylic acids is 1. The average Bonchev–Trinajstić information content (AvgIpc) is 2.88. The van der Waals surface area contributed by atoms with Crippen LogP contribution in [-0.4, -0.2) is 48.1 Å². The lowest BCUT2D eigenvalue weighted by Crippen LogP contribution is -2.45. The molecule has 0 aromatic carbocycles. The van der Waals surface area contributed by atoms with Crippen LogP contribution in [0.1, 0.15) is 32.1 Å². The minimum atomic E-state index is -0.800. The zero-order valence-electron chi connectivity index (χ0n) is 10.9.